The molecule has 3 aromatic rings. The molecule has 1 heterocycles. The lowest BCUT2D eigenvalue weighted by atomic mass is 10.2. The molecule has 27 heavy (non-hydrogen) atoms. The molecule has 7 heteroatoms. The minimum Gasteiger partial charge on any atom is -0.484 e. The Labute approximate surface area is 166 Å². The van der Waals surface area contributed by atoms with E-state index in [0.717, 1.165) is 11.1 Å². The van der Waals surface area contributed by atoms with Gasteiger partial charge in [-0.05, 0) is 55.0 Å². The van der Waals surface area contributed by atoms with Crippen LogP contribution in [0.2, 0.25) is 10.0 Å². The maximum Gasteiger partial charge on any atom is 0.277 e. The summed E-state index contributed by atoms with van der Waals surface area (Å²) < 4.78 is 11.1. The minimum absolute atomic E-state index is 0.165. The molecule has 1 amide bonds. The van der Waals surface area contributed by atoms with Crippen LogP contribution in [0.15, 0.2) is 64.1 Å². The molecule has 0 aliphatic heterocycles. The number of halogens is 2. The first-order valence-corrected chi connectivity index (χ1v) is 8.84. The molecule has 1 aromatic heterocycles. The van der Waals surface area contributed by atoms with Crippen molar-refractivity contribution in [2.24, 2.45) is 5.10 Å². The van der Waals surface area contributed by atoms with Gasteiger partial charge in [-0.15, -0.1) is 0 Å². The lowest BCUT2D eigenvalue weighted by Gasteiger charge is -2.06. The van der Waals surface area contributed by atoms with Gasteiger partial charge in [-0.2, -0.15) is 5.10 Å². The Bertz CT molecular complexity index is 983. The van der Waals surface area contributed by atoms with Crippen LogP contribution in [0.25, 0.3) is 11.3 Å². The predicted molar refractivity (Wildman–Crippen MR) is 107 cm³/mol. The van der Waals surface area contributed by atoms with Crippen molar-refractivity contribution in [1.29, 1.82) is 0 Å². The van der Waals surface area contributed by atoms with Crippen molar-refractivity contribution < 1.29 is 13.9 Å². The molecule has 0 aliphatic carbocycles. The highest BCUT2D eigenvalue weighted by molar-refractivity contribution is 6.33. The lowest BCUT2D eigenvalue weighted by Crippen LogP contribution is -2.24. The molecule has 2 aromatic carbocycles. The molecule has 0 atom stereocenters. The Hall–Kier alpha value is -2.76. The fourth-order valence-electron chi connectivity index (χ4n) is 2.28. The number of amides is 1. The van der Waals surface area contributed by atoms with Crippen molar-refractivity contribution in [1.82, 2.24) is 5.43 Å². The van der Waals surface area contributed by atoms with E-state index in [1.54, 1.807) is 36.4 Å². The van der Waals surface area contributed by atoms with Crippen molar-refractivity contribution in [3.05, 3.63) is 76.0 Å². The summed E-state index contributed by atoms with van der Waals surface area (Å²) in [5.74, 6) is 1.28. The number of carbonyl (C=O) groups excluding carboxylic acids is 1. The Balaban J connectivity index is 1.52. The molecule has 0 fully saturated rings. The average Bonchev–Trinajstić information content (AvgIpc) is 3.12. The van der Waals surface area contributed by atoms with Crippen molar-refractivity contribution in [3.8, 4) is 17.1 Å². The highest BCUT2D eigenvalue weighted by atomic mass is 35.5. The van der Waals surface area contributed by atoms with E-state index in [9.17, 15) is 4.79 Å². The van der Waals surface area contributed by atoms with Gasteiger partial charge in [0.25, 0.3) is 5.91 Å². The number of carbonyl (C=O) groups is 1. The van der Waals surface area contributed by atoms with Crippen LogP contribution in [-0.2, 0) is 4.79 Å². The third-order valence-electron chi connectivity index (χ3n) is 3.65. The van der Waals surface area contributed by atoms with E-state index in [1.807, 2.05) is 25.1 Å². The van der Waals surface area contributed by atoms with Crippen molar-refractivity contribution >= 4 is 35.3 Å². The second-order valence-electron chi connectivity index (χ2n) is 5.67. The van der Waals surface area contributed by atoms with E-state index in [1.165, 1.54) is 6.21 Å². The number of furan rings is 1. The molecule has 5 nitrogen and oxygen atoms in total. The summed E-state index contributed by atoms with van der Waals surface area (Å²) in [4.78, 5) is 11.8. The molecule has 0 unspecified atom stereocenters. The van der Waals surface area contributed by atoms with Crippen LogP contribution in [0.5, 0.6) is 5.75 Å². The van der Waals surface area contributed by atoms with Crippen LogP contribution in [0.3, 0.4) is 0 Å². The number of hydrogen-bond acceptors (Lipinski definition) is 4. The summed E-state index contributed by atoms with van der Waals surface area (Å²) in [6.45, 7) is 1.70. The molecule has 3 rings (SSSR count). The zero-order chi connectivity index (χ0) is 19.2. The van der Waals surface area contributed by atoms with E-state index in [0.29, 0.717) is 27.3 Å². The quantitative estimate of drug-likeness (QED) is 0.461. The van der Waals surface area contributed by atoms with Gasteiger partial charge >= 0.3 is 0 Å². The molecule has 0 bridgehead atoms. The maximum absolute atomic E-state index is 11.8. The van der Waals surface area contributed by atoms with E-state index >= 15 is 0 Å². The first kappa shape index (κ1) is 19.0. The van der Waals surface area contributed by atoms with Crippen LogP contribution < -0.4 is 10.2 Å². The third-order valence-corrected chi connectivity index (χ3v) is 4.40. The summed E-state index contributed by atoms with van der Waals surface area (Å²) >= 11 is 12.1. The van der Waals surface area contributed by atoms with Gasteiger partial charge in [0.15, 0.2) is 6.61 Å². The number of rotatable bonds is 6. The first-order valence-electron chi connectivity index (χ1n) is 8.08. The SMILES string of the molecule is Cc1cc(OCC(=O)N/N=C/c2ccc(-c3ccccc3Cl)o2)ccc1Cl. The van der Waals surface area contributed by atoms with Crippen LogP contribution in [0.1, 0.15) is 11.3 Å². The molecule has 138 valence electrons. The lowest BCUT2D eigenvalue weighted by molar-refractivity contribution is -0.123. The minimum atomic E-state index is -0.392. The largest absolute Gasteiger partial charge is 0.484 e. The fraction of sp³-hybridized carbons (Fsp3) is 0.100. The van der Waals surface area contributed by atoms with E-state index in [2.05, 4.69) is 10.5 Å². The highest BCUT2D eigenvalue weighted by Crippen LogP contribution is 2.28. The van der Waals surface area contributed by atoms with Crippen LogP contribution in [0.4, 0.5) is 0 Å². The third kappa shape index (κ3) is 5.12. The van der Waals surface area contributed by atoms with E-state index in [-0.39, 0.29) is 6.61 Å². The van der Waals surface area contributed by atoms with Gasteiger partial charge < -0.3 is 9.15 Å². The molecule has 0 spiro atoms. The normalized spacial score (nSPS) is 10.9. The Kier molecular flexibility index (Phi) is 6.16. The fourth-order valence-corrected chi connectivity index (χ4v) is 2.63. The number of hydrazone groups is 1. The maximum atomic E-state index is 11.8. The number of hydrogen-bond donors (Lipinski definition) is 1. The summed E-state index contributed by atoms with van der Waals surface area (Å²) in [5, 5.41) is 5.10. The van der Waals surface area contributed by atoms with Crippen LogP contribution in [-0.4, -0.2) is 18.7 Å². The number of aryl methyl sites for hydroxylation is 1. The summed E-state index contributed by atoms with van der Waals surface area (Å²) in [6, 6.07) is 16.1. The molecule has 1 N–H and O–H groups in total. The van der Waals surface area contributed by atoms with Gasteiger partial charge in [-0.3, -0.25) is 4.79 Å². The molecule has 0 radical (unpaired) electrons. The molecular formula is C20H16Cl2N2O3. The highest BCUT2D eigenvalue weighted by Gasteiger charge is 2.07. The number of ether oxygens (including phenoxy) is 1. The zero-order valence-electron chi connectivity index (χ0n) is 14.4. The second kappa shape index (κ2) is 8.75. The Morgan fingerprint density at radius 3 is 2.74 bits per heavy atom. The predicted octanol–water partition coefficient (Wildman–Crippen LogP) is 5.09. The smallest absolute Gasteiger partial charge is 0.277 e. The summed E-state index contributed by atoms with van der Waals surface area (Å²) in [7, 11) is 0. The topological polar surface area (TPSA) is 63.8 Å². The van der Waals surface area contributed by atoms with Gasteiger partial charge in [-0.25, -0.2) is 5.43 Å². The monoisotopic (exact) mass is 402 g/mol. The number of nitrogens with one attached hydrogen (secondary N) is 1. The Morgan fingerprint density at radius 2 is 1.96 bits per heavy atom. The van der Waals surface area contributed by atoms with E-state index < -0.39 is 5.91 Å². The van der Waals surface area contributed by atoms with Crippen molar-refractivity contribution in [3.63, 3.8) is 0 Å². The summed E-state index contributed by atoms with van der Waals surface area (Å²) in [6.07, 6.45) is 1.41. The van der Waals surface area contributed by atoms with Gasteiger partial charge in [0.05, 0.1) is 11.2 Å². The van der Waals surface area contributed by atoms with Gasteiger partial charge in [0, 0.05) is 10.6 Å². The number of nitrogens with zero attached hydrogens (tertiary/aromatic N) is 1. The average molecular weight is 403 g/mol. The van der Waals surface area contributed by atoms with Crippen LogP contribution >= 0.6 is 23.2 Å². The summed E-state index contributed by atoms with van der Waals surface area (Å²) in [5.41, 5.74) is 4.04. The van der Waals surface area contributed by atoms with Gasteiger partial charge in [0.2, 0.25) is 0 Å². The Morgan fingerprint density at radius 1 is 1.15 bits per heavy atom. The van der Waals surface area contributed by atoms with Gasteiger partial charge in [0.1, 0.15) is 17.3 Å². The van der Waals surface area contributed by atoms with Gasteiger partial charge in [-0.1, -0.05) is 35.3 Å². The first-order chi connectivity index (χ1) is 13.0. The zero-order valence-corrected chi connectivity index (χ0v) is 15.9. The number of benzene rings is 2. The standard InChI is InChI=1S/C20H16Cl2N2O3/c1-13-10-14(6-8-17(13)21)26-12-20(25)24-23-11-15-7-9-19(27-15)16-4-2-3-5-18(16)22/h2-11H,12H2,1H3,(H,24,25)/b23-11+. The molecular weight excluding hydrogens is 387 g/mol. The van der Waals surface area contributed by atoms with Crippen molar-refractivity contribution in [2.75, 3.05) is 6.61 Å². The molecule has 0 saturated carbocycles. The molecule has 0 saturated heterocycles. The molecule has 0 aliphatic rings. The van der Waals surface area contributed by atoms with Crippen LogP contribution in [0, 0.1) is 6.92 Å². The van der Waals surface area contributed by atoms with E-state index in [4.69, 9.17) is 32.4 Å². The second-order valence-corrected chi connectivity index (χ2v) is 6.49. The van der Waals surface area contributed by atoms with Crippen molar-refractivity contribution in [2.45, 2.75) is 6.92 Å².